The maximum Gasteiger partial charge on any atom is 0.312 e. The molecular weight excluding hydrogens is 572 g/mol. The van der Waals surface area contributed by atoms with Crippen LogP contribution in [0.1, 0.15) is 164 Å². The lowest BCUT2D eigenvalue weighted by Crippen LogP contribution is -2.71. The SMILES string of the molecule is CCC(C)(C)C(=O)OC12CC3(C(=O)OC4(C)CCCC4)CC(C(=O)OC4(C)CCCC4)(C1)CC(C(=O)OC1(C)CCCC1)(C2)C3. The van der Waals surface area contributed by atoms with E-state index in [0.717, 1.165) is 77.0 Å². The van der Waals surface area contributed by atoms with Gasteiger partial charge in [0.15, 0.2) is 0 Å². The number of esters is 4. The van der Waals surface area contributed by atoms with Crippen molar-refractivity contribution in [1.29, 1.82) is 0 Å². The molecule has 8 heteroatoms. The molecule has 7 aliphatic rings. The smallest absolute Gasteiger partial charge is 0.312 e. The molecule has 7 aliphatic carbocycles. The topological polar surface area (TPSA) is 105 Å². The quantitative estimate of drug-likeness (QED) is 0.189. The first kappa shape index (κ1) is 32.8. The molecule has 0 aromatic rings. The van der Waals surface area contributed by atoms with Crippen LogP contribution in [-0.4, -0.2) is 46.3 Å². The normalized spacial score (nSPS) is 37.3. The second kappa shape index (κ2) is 10.7. The maximum atomic E-state index is 14.6. The third kappa shape index (κ3) is 5.72. The standard InChI is InChI=1S/C37H56O8/c1-7-30(2,3)26(38)45-37-23-34(27(39)42-31(4)14-8-9-15-31)20-35(24-37,28(40)43-32(5)16-10-11-17-32)22-36(21-34,25-37)29(41)44-33(6)18-12-13-19-33/h7-25H2,1-6H3. The summed E-state index contributed by atoms with van der Waals surface area (Å²) in [6, 6.07) is 0. The molecule has 7 rings (SSSR count). The number of hydrogen-bond donors (Lipinski definition) is 0. The molecule has 45 heavy (non-hydrogen) atoms. The highest BCUT2D eigenvalue weighted by Gasteiger charge is 2.77. The van der Waals surface area contributed by atoms with Crippen molar-refractivity contribution < 1.29 is 38.1 Å². The fourth-order valence-electron chi connectivity index (χ4n) is 10.5. The van der Waals surface area contributed by atoms with Gasteiger partial charge < -0.3 is 18.9 Å². The number of ether oxygens (including phenoxy) is 4. The van der Waals surface area contributed by atoms with Crippen molar-refractivity contribution in [3.8, 4) is 0 Å². The lowest BCUT2D eigenvalue weighted by molar-refractivity contribution is -0.266. The van der Waals surface area contributed by atoms with Crippen LogP contribution in [0.2, 0.25) is 0 Å². The van der Waals surface area contributed by atoms with E-state index >= 15 is 0 Å². The molecule has 252 valence electrons. The molecule has 7 fully saturated rings. The van der Waals surface area contributed by atoms with E-state index in [2.05, 4.69) is 0 Å². The summed E-state index contributed by atoms with van der Waals surface area (Å²) in [5, 5.41) is 0. The van der Waals surface area contributed by atoms with Gasteiger partial charge in [-0.25, -0.2) is 0 Å². The van der Waals surface area contributed by atoms with Gasteiger partial charge in [0.05, 0.1) is 21.7 Å². The number of carbonyl (C=O) groups is 4. The van der Waals surface area contributed by atoms with Crippen LogP contribution in [0.15, 0.2) is 0 Å². The first-order chi connectivity index (χ1) is 20.9. The van der Waals surface area contributed by atoms with Gasteiger partial charge in [-0.15, -0.1) is 0 Å². The van der Waals surface area contributed by atoms with Crippen molar-refractivity contribution in [3.05, 3.63) is 0 Å². The Morgan fingerprint density at radius 1 is 0.511 bits per heavy atom. The molecule has 0 unspecified atom stereocenters. The van der Waals surface area contributed by atoms with Gasteiger partial charge in [0, 0.05) is 19.3 Å². The molecule has 0 saturated heterocycles. The van der Waals surface area contributed by atoms with Gasteiger partial charge in [-0.3, -0.25) is 19.2 Å². The van der Waals surface area contributed by atoms with Crippen molar-refractivity contribution in [1.82, 2.24) is 0 Å². The molecule has 8 nitrogen and oxygen atoms in total. The molecule has 0 heterocycles. The zero-order chi connectivity index (χ0) is 32.6. The fourth-order valence-corrected chi connectivity index (χ4v) is 10.5. The van der Waals surface area contributed by atoms with E-state index in [4.69, 9.17) is 18.9 Å². The van der Waals surface area contributed by atoms with Crippen LogP contribution in [0.25, 0.3) is 0 Å². The van der Waals surface area contributed by atoms with Gasteiger partial charge in [0.25, 0.3) is 0 Å². The van der Waals surface area contributed by atoms with E-state index in [-0.39, 0.29) is 62.4 Å². The van der Waals surface area contributed by atoms with E-state index in [1.807, 2.05) is 41.5 Å². The van der Waals surface area contributed by atoms with Gasteiger partial charge in [0.2, 0.25) is 0 Å². The third-order valence-corrected chi connectivity index (χ3v) is 13.1. The van der Waals surface area contributed by atoms with Crippen LogP contribution in [0, 0.1) is 21.7 Å². The molecule has 0 spiro atoms. The first-order valence-corrected chi connectivity index (χ1v) is 17.9. The van der Waals surface area contributed by atoms with Crippen LogP contribution < -0.4 is 0 Å². The zero-order valence-corrected chi connectivity index (χ0v) is 28.7. The number of rotatable bonds is 9. The van der Waals surface area contributed by atoms with E-state index < -0.39 is 44.1 Å². The Kier molecular flexibility index (Phi) is 7.80. The summed E-state index contributed by atoms with van der Waals surface area (Å²) in [6.07, 6.45) is 12.7. The van der Waals surface area contributed by atoms with Gasteiger partial charge in [-0.1, -0.05) is 6.92 Å². The lowest BCUT2D eigenvalue weighted by Gasteiger charge is -2.67. The minimum absolute atomic E-state index is 0.243. The van der Waals surface area contributed by atoms with E-state index in [1.54, 1.807) is 0 Å². The Labute approximate surface area is 269 Å². The van der Waals surface area contributed by atoms with Crippen molar-refractivity contribution in [2.24, 2.45) is 21.7 Å². The average Bonchev–Trinajstić information content (AvgIpc) is 3.69. The molecule has 0 aliphatic heterocycles. The van der Waals surface area contributed by atoms with Crippen LogP contribution in [-0.2, 0) is 38.1 Å². The highest BCUT2D eigenvalue weighted by atomic mass is 16.6. The Morgan fingerprint density at radius 3 is 1.07 bits per heavy atom. The second-order valence-corrected chi connectivity index (χ2v) is 17.9. The summed E-state index contributed by atoms with van der Waals surface area (Å²) in [5.74, 6) is -1.46. The van der Waals surface area contributed by atoms with Crippen LogP contribution in [0.4, 0.5) is 0 Å². The van der Waals surface area contributed by atoms with Gasteiger partial charge in [-0.05, 0) is 137 Å². The predicted octanol–water partition coefficient (Wildman–Crippen LogP) is 7.67. The van der Waals surface area contributed by atoms with Crippen LogP contribution in [0.5, 0.6) is 0 Å². The van der Waals surface area contributed by atoms with E-state index in [0.29, 0.717) is 6.42 Å². The highest BCUT2D eigenvalue weighted by molar-refractivity contribution is 5.89. The summed E-state index contributed by atoms with van der Waals surface area (Å²) < 4.78 is 25.7. The molecule has 0 atom stereocenters. The molecular formula is C37H56O8. The third-order valence-electron chi connectivity index (χ3n) is 13.1. The molecule has 0 amide bonds. The predicted molar refractivity (Wildman–Crippen MR) is 167 cm³/mol. The lowest BCUT2D eigenvalue weighted by atomic mass is 9.38. The molecule has 7 saturated carbocycles. The average molecular weight is 629 g/mol. The summed E-state index contributed by atoms with van der Waals surface area (Å²) in [4.78, 5) is 57.7. The summed E-state index contributed by atoms with van der Waals surface area (Å²) in [7, 11) is 0. The van der Waals surface area contributed by atoms with Gasteiger partial charge in [-0.2, -0.15) is 0 Å². The highest BCUT2D eigenvalue weighted by Crippen LogP contribution is 2.73. The van der Waals surface area contributed by atoms with Crippen molar-refractivity contribution in [2.45, 2.75) is 186 Å². The Bertz CT molecular complexity index is 1090. The van der Waals surface area contributed by atoms with Crippen molar-refractivity contribution >= 4 is 23.9 Å². The first-order valence-electron chi connectivity index (χ1n) is 17.9. The number of hydrogen-bond acceptors (Lipinski definition) is 8. The monoisotopic (exact) mass is 628 g/mol. The maximum absolute atomic E-state index is 14.6. The van der Waals surface area contributed by atoms with Crippen molar-refractivity contribution in [2.75, 3.05) is 0 Å². The molecule has 0 radical (unpaired) electrons. The van der Waals surface area contributed by atoms with Crippen LogP contribution in [0.3, 0.4) is 0 Å². The van der Waals surface area contributed by atoms with Crippen LogP contribution >= 0.6 is 0 Å². The Balaban J connectivity index is 1.45. The summed E-state index contributed by atoms with van der Waals surface area (Å²) in [6.45, 7) is 11.6. The Morgan fingerprint density at radius 2 is 0.800 bits per heavy atom. The zero-order valence-electron chi connectivity index (χ0n) is 28.7. The van der Waals surface area contributed by atoms with E-state index in [1.165, 1.54) is 0 Å². The molecule has 0 aromatic heterocycles. The second-order valence-electron chi connectivity index (χ2n) is 17.9. The summed E-state index contributed by atoms with van der Waals surface area (Å²) in [5.41, 5.74) is -7.17. The molecule has 0 N–H and O–H groups in total. The van der Waals surface area contributed by atoms with Gasteiger partial charge >= 0.3 is 23.9 Å². The summed E-state index contributed by atoms with van der Waals surface area (Å²) >= 11 is 0. The Hall–Kier alpha value is -2.12. The minimum Gasteiger partial charge on any atom is -0.459 e. The van der Waals surface area contributed by atoms with Crippen molar-refractivity contribution in [3.63, 3.8) is 0 Å². The van der Waals surface area contributed by atoms with Gasteiger partial charge in [0.1, 0.15) is 22.4 Å². The largest absolute Gasteiger partial charge is 0.459 e. The minimum atomic E-state index is -1.18. The number of carbonyl (C=O) groups excluding carboxylic acids is 4. The van der Waals surface area contributed by atoms with E-state index in [9.17, 15) is 19.2 Å². The molecule has 4 bridgehead atoms. The molecule has 0 aromatic carbocycles. The fraction of sp³-hybridized carbons (Fsp3) is 0.892.